The van der Waals surface area contributed by atoms with Gasteiger partial charge in [-0.2, -0.15) is 0 Å². The van der Waals surface area contributed by atoms with Gasteiger partial charge < -0.3 is 14.7 Å². The normalized spacial score (nSPS) is 10.2. The maximum Gasteiger partial charge on any atom is 0.411 e. The molecule has 0 heterocycles. The molecule has 1 amide bonds. The maximum atomic E-state index is 11.3. The SMILES string of the molecule is CN(C)CCOC(=O)Nc1ccc(C(=O)O)cc1. The first-order chi connectivity index (χ1) is 8.49. The lowest BCUT2D eigenvalue weighted by atomic mass is 10.2. The molecule has 98 valence electrons. The molecule has 0 saturated carbocycles. The lowest BCUT2D eigenvalue weighted by Crippen LogP contribution is -2.22. The number of nitrogens with zero attached hydrogens (tertiary/aromatic N) is 1. The van der Waals surface area contributed by atoms with E-state index in [-0.39, 0.29) is 5.56 Å². The van der Waals surface area contributed by atoms with Crippen molar-refractivity contribution in [2.45, 2.75) is 0 Å². The van der Waals surface area contributed by atoms with Crippen molar-refractivity contribution in [3.63, 3.8) is 0 Å². The standard InChI is InChI=1S/C12H16N2O4/c1-14(2)7-8-18-12(17)13-10-5-3-9(4-6-10)11(15)16/h3-6H,7-8H2,1-2H3,(H,13,17)(H,15,16). The molecule has 0 unspecified atom stereocenters. The summed E-state index contributed by atoms with van der Waals surface area (Å²) in [5.41, 5.74) is 0.663. The predicted molar refractivity (Wildman–Crippen MR) is 66.9 cm³/mol. The van der Waals surface area contributed by atoms with Gasteiger partial charge in [0.25, 0.3) is 0 Å². The van der Waals surface area contributed by atoms with E-state index < -0.39 is 12.1 Å². The number of ether oxygens (including phenoxy) is 1. The first-order valence-corrected chi connectivity index (χ1v) is 5.41. The molecule has 0 aliphatic carbocycles. The van der Waals surface area contributed by atoms with Crippen molar-refractivity contribution < 1.29 is 19.4 Å². The third-order valence-electron chi connectivity index (χ3n) is 2.15. The number of aromatic carboxylic acids is 1. The molecular formula is C12H16N2O4. The summed E-state index contributed by atoms with van der Waals surface area (Å²) in [4.78, 5) is 23.9. The summed E-state index contributed by atoms with van der Waals surface area (Å²) in [7, 11) is 3.76. The van der Waals surface area contributed by atoms with Crippen LogP contribution in [-0.4, -0.2) is 49.3 Å². The Bertz CT molecular complexity index is 415. The van der Waals surface area contributed by atoms with Crippen molar-refractivity contribution in [1.82, 2.24) is 4.90 Å². The van der Waals surface area contributed by atoms with Crippen LogP contribution < -0.4 is 5.32 Å². The molecule has 0 saturated heterocycles. The Morgan fingerprint density at radius 2 is 1.89 bits per heavy atom. The molecule has 0 bridgehead atoms. The van der Waals surface area contributed by atoms with E-state index in [9.17, 15) is 9.59 Å². The minimum absolute atomic E-state index is 0.168. The number of likely N-dealkylation sites (N-methyl/N-ethyl adjacent to an activating group) is 1. The van der Waals surface area contributed by atoms with E-state index in [1.165, 1.54) is 24.3 Å². The topological polar surface area (TPSA) is 78.9 Å². The van der Waals surface area contributed by atoms with E-state index in [2.05, 4.69) is 5.32 Å². The van der Waals surface area contributed by atoms with Gasteiger partial charge in [-0.3, -0.25) is 5.32 Å². The minimum Gasteiger partial charge on any atom is -0.478 e. The fourth-order valence-electron chi connectivity index (χ4n) is 1.17. The van der Waals surface area contributed by atoms with Crippen LogP contribution in [-0.2, 0) is 4.74 Å². The second kappa shape index (κ2) is 6.61. The molecule has 1 aromatic rings. The first kappa shape index (κ1) is 14.0. The summed E-state index contributed by atoms with van der Waals surface area (Å²) >= 11 is 0. The Morgan fingerprint density at radius 1 is 1.28 bits per heavy atom. The van der Waals surface area contributed by atoms with Crippen molar-refractivity contribution in [1.29, 1.82) is 0 Å². The van der Waals surface area contributed by atoms with E-state index in [0.29, 0.717) is 18.8 Å². The number of nitrogens with one attached hydrogen (secondary N) is 1. The molecule has 0 aliphatic rings. The molecule has 0 aliphatic heterocycles. The zero-order chi connectivity index (χ0) is 13.5. The Kier molecular flexibility index (Phi) is 5.13. The quantitative estimate of drug-likeness (QED) is 0.830. The van der Waals surface area contributed by atoms with Gasteiger partial charge in [-0.05, 0) is 38.4 Å². The average Bonchev–Trinajstić information content (AvgIpc) is 2.29. The van der Waals surface area contributed by atoms with Gasteiger partial charge in [-0.15, -0.1) is 0 Å². The van der Waals surface area contributed by atoms with Crippen LogP contribution >= 0.6 is 0 Å². The summed E-state index contributed by atoms with van der Waals surface area (Å²) in [6.07, 6.45) is -0.556. The summed E-state index contributed by atoms with van der Waals surface area (Å²) in [6, 6.07) is 5.85. The fourth-order valence-corrected chi connectivity index (χ4v) is 1.17. The number of amides is 1. The van der Waals surface area contributed by atoms with E-state index in [4.69, 9.17) is 9.84 Å². The second-order valence-electron chi connectivity index (χ2n) is 3.95. The highest BCUT2D eigenvalue weighted by Gasteiger charge is 2.05. The van der Waals surface area contributed by atoms with Crippen molar-refractivity contribution >= 4 is 17.7 Å². The van der Waals surface area contributed by atoms with E-state index >= 15 is 0 Å². The molecular weight excluding hydrogens is 236 g/mol. The number of anilines is 1. The number of carboxylic acid groups (broad SMARTS) is 1. The summed E-state index contributed by atoms with van der Waals surface area (Å²) < 4.78 is 4.93. The van der Waals surface area contributed by atoms with Gasteiger partial charge in [-0.25, -0.2) is 9.59 Å². The van der Waals surface area contributed by atoms with Crippen LogP contribution in [0.4, 0.5) is 10.5 Å². The van der Waals surface area contributed by atoms with Crippen molar-refractivity contribution in [3.8, 4) is 0 Å². The zero-order valence-electron chi connectivity index (χ0n) is 10.3. The zero-order valence-corrected chi connectivity index (χ0v) is 10.3. The second-order valence-corrected chi connectivity index (χ2v) is 3.95. The van der Waals surface area contributed by atoms with Crippen LogP contribution in [0.1, 0.15) is 10.4 Å². The molecule has 0 aromatic heterocycles. The highest BCUT2D eigenvalue weighted by molar-refractivity contribution is 5.89. The lowest BCUT2D eigenvalue weighted by molar-refractivity contribution is 0.0697. The van der Waals surface area contributed by atoms with Gasteiger partial charge >= 0.3 is 12.1 Å². The molecule has 0 fully saturated rings. The molecule has 0 radical (unpaired) electrons. The summed E-state index contributed by atoms with van der Waals surface area (Å²) in [5.74, 6) is -1.00. The third-order valence-corrected chi connectivity index (χ3v) is 2.15. The largest absolute Gasteiger partial charge is 0.478 e. The van der Waals surface area contributed by atoms with E-state index in [0.717, 1.165) is 0 Å². The minimum atomic E-state index is -1.00. The molecule has 6 heteroatoms. The van der Waals surface area contributed by atoms with Gasteiger partial charge in [0.2, 0.25) is 0 Å². The summed E-state index contributed by atoms with van der Waals surface area (Å²) in [6.45, 7) is 0.942. The van der Waals surface area contributed by atoms with Crippen molar-refractivity contribution in [3.05, 3.63) is 29.8 Å². The smallest absolute Gasteiger partial charge is 0.411 e. The predicted octanol–water partition coefficient (Wildman–Crippen LogP) is 1.49. The van der Waals surface area contributed by atoms with Gasteiger partial charge in [0.05, 0.1) is 5.56 Å². The summed E-state index contributed by atoms with van der Waals surface area (Å²) in [5, 5.41) is 11.2. The Hall–Kier alpha value is -2.08. The Labute approximate surface area is 105 Å². The van der Waals surface area contributed by atoms with E-state index in [1.807, 2.05) is 19.0 Å². The van der Waals surface area contributed by atoms with Crippen LogP contribution in [0.15, 0.2) is 24.3 Å². The number of carboxylic acids is 1. The van der Waals surface area contributed by atoms with Crippen molar-refractivity contribution in [2.24, 2.45) is 0 Å². The molecule has 6 nitrogen and oxygen atoms in total. The molecule has 0 spiro atoms. The van der Waals surface area contributed by atoms with Crippen LogP contribution in [0, 0.1) is 0 Å². The number of benzene rings is 1. The number of hydrogen-bond donors (Lipinski definition) is 2. The number of carbonyl (C=O) groups excluding carboxylic acids is 1. The molecule has 1 aromatic carbocycles. The number of hydrogen-bond acceptors (Lipinski definition) is 4. The Balaban J connectivity index is 2.42. The maximum absolute atomic E-state index is 11.3. The molecule has 1 rings (SSSR count). The van der Waals surface area contributed by atoms with Gasteiger partial charge in [0, 0.05) is 12.2 Å². The van der Waals surface area contributed by atoms with Crippen LogP contribution in [0.3, 0.4) is 0 Å². The third kappa shape index (κ3) is 4.84. The van der Waals surface area contributed by atoms with Crippen LogP contribution in [0.25, 0.3) is 0 Å². The molecule has 18 heavy (non-hydrogen) atoms. The number of rotatable bonds is 5. The average molecular weight is 252 g/mol. The highest BCUT2D eigenvalue weighted by Crippen LogP contribution is 2.09. The first-order valence-electron chi connectivity index (χ1n) is 5.41. The van der Waals surface area contributed by atoms with Crippen LogP contribution in [0.2, 0.25) is 0 Å². The highest BCUT2D eigenvalue weighted by atomic mass is 16.5. The molecule has 0 atom stereocenters. The van der Waals surface area contributed by atoms with Gasteiger partial charge in [0.15, 0.2) is 0 Å². The van der Waals surface area contributed by atoms with E-state index in [1.54, 1.807) is 0 Å². The monoisotopic (exact) mass is 252 g/mol. The van der Waals surface area contributed by atoms with Crippen LogP contribution in [0.5, 0.6) is 0 Å². The van der Waals surface area contributed by atoms with Crippen molar-refractivity contribution in [2.75, 3.05) is 32.6 Å². The Morgan fingerprint density at radius 3 is 2.39 bits per heavy atom. The molecule has 2 N–H and O–H groups in total. The fraction of sp³-hybridized carbons (Fsp3) is 0.333. The van der Waals surface area contributed by atoms with Gasteiger partial charge in [0.1, 0.15) is 6.61 Å². The lowest BCUT2D eigenvalue weighted by Gasteiger charge is -2.10. The van der Waals surface area contributed by atoms with Gasteiger partial charge in [-0.1, -0.05) is 0 Å². The number of carbonyl (C=O) groups is 2.